The highest BCUT2D eigenvalue weighted by Crippen LogP contribution is 2.34. The van der Waals surface area contributed by atoms with Gasteiger partial charge in [0, 0.05) is 51.0 Å². The zero-order chi connectivity index (χ0) is 26.6. The Hall–Kier alpha value is -4.25. The van der Waals surface area contributed by atoms with Gasteiger partial charge in [0.25, 0.3) is 5.91 Å². The SMILES string of the molecule is N#Cc1ccc(Cn2cncc2CN2CCC(c3cccc4ccccc34)=C(C(=O)N3CCOCC3)C2)cc1. The molecule has 7 heteroatoms. The molecule has 7 nitrogen and oxygen atoms in total. The van der Waals surface area contributed by atoms with Crippen LogP contribution in [0.25, 0.3) is 16.3 Å². The van der Waals surface area contributed by atoms with Crippen molar-refractivity contribution in [1.82, 2.24) is 19.4 Å². The number of carbonyl (C=O) groups excluding carboxylic acids is 1. The van der Waals surface area contributed by atoms with Crippen molar-refractivity contribution in [3.8, 4) is 6.07 Å². The van der Waals surface area contributed by atoms with E-state index in [-0.39, 0.29) is 5.91 Å². The maximum atomic E-state index is 13.9. The highest BCUT2D eigenvalue weighted by atomic mass is 16.5. The van der Waals surface area contributed by atoms with Crippen LogP contribution in [0.3, 0.4) is 0 Å². The van der Waals surface area contributed by atoms with E-state index >= 15 is 0 Å². The normalized spacial score (nSPS) is 16.4. The Morgan fingerprint density at radius 2 is 1.74 bits per heavy atom. The fourth-order valence-electron chi connectivity index (χ4n) is 5.63. The lowest BCUT2D eigenvalue weighted by Crippen LogP contribution is -2.44. The Kier molecular flexibility index (Phi) is 7.22. The van der Waals surface area contributed by atoms with Crippen LogP contribution in [0.4, 0.5) is 0 Å². The largest absolute Gasteiger partial charge is 0.378 e. The number of imidazole rings is 1. The molecule has 0 radical (unpaired) electrons. The van der Waals surface area contributed by atoms with E-state index in [1.54, 1.807) is 0 Å². The van der Waals surface area contributed by atoms with Gasteiger partial charge in [-0.1, -0.05) is 54.6 Å². The van der Waals surface area contributed by atoms with Crippen molar-refractivity contribution in [3.05, 3.63) is 107 Å². The van der Waals surface area contributed by atoms with Crippen LogP contribution in [-0.4, -0.2) is 64.7 Å². The van der Waals surface area contributed by atoms with Crippen molar-refractivity contribution in [2.24, 2.45) is 0 Å². The number of amides is 1. The third-order valence-corrected chi connectivity index (χ3v) is 7.72. The number of ether oxygens (including phenoxy) is 1. The second kappa shape index (κ2) is 11.2. The van der Waals surface area contributed by atoms with Crippen LogP contribution in [0.5, 0.6) is 0 Å². The predicted octanol–water partition coefficient (Wildman–Crippen LogP) is 4.47. The molecule has 39 heavy (non-hydrogen) atoms. The van der Waals surface area contributed by atoms with Crippen LogP contribution in [0, 0.1) is 11.3 Å². The second-order valence-corrected chi connectivity index (χ2v) is 10.2. The highest BCUT2D eigenvalue weighted by Gasteiger charge is 2.29. The first-order valence-electron chi connectivity index (χ1n) is 13.5. The molecule has 196 valence electrons. The molecule has 0 N–H and O–H groups in total. The van der Waals surface area contributed by atoms with Gasteiger partial charge < -0.3 is 14.2 Å². The van der Waals surface area contributed by atoms with Crippen molar-refractivity contribution in [2.75, 3.05) is 39.4 Å². The van der Waals surface area contributed by atoms with E-state index in [0.29, 0.717) is 51.5 Å². The van der Waals surface area contributed by atoms with E-state index in [2.05, 4.69) is 63.0 Å². The quantitative estimate of drug-likeness (QED) is 0.377. The minimum absolute atomic E-state index is 0.122. The molecule has 4 aromatic rings. The lowest BCUT2D eigenvalue weighted by molar-refractivity contribution is -0.131. The third-order valence-electron chi connectivity index (χ3n) is 7.72. The molecule has 0 spiro atoms. The molecule has 3 heterocycles. The summed E-state index contributed by atoms with van der Waals surface area (Å²) in [5.41, 5.74) is 6.09. The Balaban J connectivity index is 1.29. The van der Waals surface area contributed by atoms with Gasteiger partial charge in [0.05, 0.1) is 36.9 Å². The molecule has 6 rings (SSSR count). The lowest BCUT2D eigenvalue weighted by atomic mass is 9.89. The Morgan fingerprint density at radius 1 is 0.949 bits per heavy atom. The molecule has 3 aromatic carbocycles. The van der Waals surface area contributed by atoms with Crippen molar-refractivity contribution >= 4 is 22.3 Å². The van der Waals surface area contributed by atoms with E-state index < -0.39 is 0 Å². The summed E-state index contributed by atoms with van der Waals surface area (Å²) in [6.45, 7) is 5.27. The topological polar surface area (TPSA) is 74.4 Å². The van der Waals surface area contributed by atoms with Gasteiger partial charge in [-0.3, -0.25) is 9.69 Å². The molecule has 1 saturated heterocycles. The zero-order valence-corrected chi connectivity index (χ0v) is 21.9. The van der Waals surface area contributed by atoms with Crippen molar-refractivity contribution in [2.45, 2.75) is 19.5 Å². The average molecular weight is 518 g/mol. The van der Waals surface area contributed by atoms with Crippen molar-refractivity contribution in [3.63, 3.8) is 0 Å². The summed E-state index contributed by atoms with van der Waals surface area (Å²) >= 11 is 0. The summed E-state index contributed by atoms with van der Waals surface area (Å²) in [6.07, 6.45) is 4.58. The fraction of sp³-hybridized carbons (Fsp3) is 0.281. The zero-order valence-electron chi connectivity index (χ0n) is 21.9. The number of benzene rings is 3. The molecule has 0 saturated carbocycles. The molecule has 0 atom stereocenters. The van der Waals surface area contributed by atoms with Gasteiger partial charge in [0.1, 0.15) is 0 Å². The monoisotopic (exact) mass is 517 g/mol. The second-order valence-electron chi connectivity index (χ2n) is 10.2. The van der Waals surface area contributed by atoms with Gasteiger partial charge >= 0.3 is 0 Å². The molecule has 2 aliphatic rings. The Labute approximate surface area is 228 Å². The number of hydrogen-bond acceptors (Lipinski definition) is 5. The Morgan fingerprint density at radius 3 is 2.56 bits per heavy atom. The average Bonchev–Trinajstić information content (AvgIpc) is 3.43. The smallest absolute Gasteiger partial charge is 0.251 e. The summed E-state index contributed by atoms with van der Waals surface area (Å²) in [5, 5.41) is 11.5. The van der Waals surface area contributed by atoms with Gasteiger partial charge in [-0.25, -0.2) is 4.98 Å². The third kappa shape index (κ3) is 5.35. The maximum Gasteiger partial charge on any atom is 0.251 e. The van der Waals surface area contributed by atoms with Crippen LogP contribution in [0.1, 0.15) is 28.8 Å². The summed E-state index contributed by atoms with van der Waals surface area (Å²) < 4.78 is 7.67. The number of morpholine rings is 1. The van der Waals surface area contributed by atoms with Crippen LogP contribution in [0.15, 0.2) is 84.8 Å². The molecule has 1 aromatic heterocycles. The molecular formula is C32H31N5O2. The summed E-state index contributed by atoms with van der Waals surface area (Å²) in [4.78, 5) is 22.7. The molecule has 0 bridgehead atoms. The van der Waals surface area contributed by atoms with Crippen LogP contribution < -0.4 is 0 Å². The van der Waals surface area contributed by atoms with Gasteiger partial charge in [-0.2, -0.15) is 5.26 Å². The van der Waals surface area contributed by atoms with Crippen LogP contribution in [0.2, 0.25) is 0 Å². The van der Waals surface area contributed by atoms with E-state index in [0.717, 1.165) is 40.9 Å². The number of rotatable bonds is 6. The van der Waals surface area contributed by atoms with E-state index in [9.17, 15) is 4.79 Å². The minimum atomic E-state index is 0.122. The molecule has 2 aliphatic heterocycles. The number of hydrogen-bond donors (Lipinski definition) is 0. The number of nitriles is 1. The van der Waals surface area contributed by atoms with Gasteiger partial charge in [0.15, 0.2) is 0 Å². The lowest BCUT2D eigenvalue weighted by Gasteiger charge is -2.34. The minimum Gasteiger partial charge on any atom is -0.378 e. The van der Waals surface area contributed by atoms with Crippen molar-refractivity contribution in [1.29, 1.82) is 5.26 Å². The van der Waals surface area contributed by atoms with Gasteiger partial charge in [-0.15, -0.1) is 0 Å². The fourth-order valence-corrected chi connectivity index (χ4v) is 5.63. The number of carbonyl (C=O) groups is 1. The highest BCUT2D eigenvalue weighted by molar-refractivity contribution is 6.05. The Bertz CT molecular complexity index is 1550. The maximum absolute atomic E-state index is 13.9. The van der Waals surface area contributed by atoms with E-state index in [1.165, 1.54) is 10.8 Å². The van der Waals surface area contributed by atoms with E-state index in [4.69, 9.17) is 10.00 Å². The standard InChI is InChI=1S/C32H31N5O2/c33-18-24-8-10-25(11-9-24)20-37-23-34-19-27(37)21-35-13-12-30(29-7-3-5-26-4-1-2-6-28(26)29)31(22-35)32(38)36-14-16-39-17-15-36/h1-11,19,23H,12-17,20-22H2. The van der Waals surface area contributed by atoms with Crippen molar-refractivity contribution < 1.29 is 9.53 Å². The molecule has 0 unspecified atom stereocenters. The van der Waals surface area contributed by atoms with Gasteiger partial charge in [0.2, 0.25) is 0 Å². The van der Waals surface area contributed by atoms with Crippen LogP contribution >= 0.6 is 0 Å². The molecule has 1 fully saturated rings. The summed E-state index contributed by atoms with van der Waals surface area (Å²) in [5.74, 6) is 0.122. The van der Waals surface area contributed by atoms with Gasteiger partial charge in [-0.05, 0) is 46.0 Å². The van der Waals surface area contributed by atoms with E-state index in [1.807, 2.05) is 41.7 Å². The first kappa shape index (κ1) is 25.1. The summed E-state index contributed by atoms with van der Waals surface area (Å²) in [7, 11) is 0. The number of fused-ring (bicyclic) bond motifs is 1. The predicted molar refractivity (Wildman–Crippen MR) is 151 cm³/mol. The first-order chi connectivity index (χ1) is 19.2. The van der Waals surface area contributed by atoms with Crippen LogP contribution in [-0.2, 0) is 22.6 Å². The summed E-state index contributed by atoms with van der Waals surface area (Å²) in [6, 6.07) is 24.6. The first-order valence-corrected chi connectivity index (χ1v) is 13.5. The molecule has 0 aliphatic carbocycles. The number of aromatic nitrogens is 2. The number of nitrogens with zero attached hydrogens (tertiary/aromatic N) is 5. The molecule has 1 amide bonds. The molecular weight excluding hydrogens is 486 g/mol.